The summed E-state index contributed by atoms with van der Waals surface area (Å²) in [7, 11) is 0. The van der Waals surface area contributed by atoms with Crippen LogP contribution in [0.5, 0.6) is 0 Å². The van der Waals surface area contributed by atoms with E-state index in [0.717, 1.165) is 66.5 Å². The van der Waals surface area contributed by atoms with Gasteiger partial charge in [0.1, 0.15) is 17.3 Å². The maximum Gasteiger partial charge on any atom is 0.407 e. The van der Waals surface area contributed by atoms with Gasteiger partial charge in [0.15, 0.2) is 0 Å². The second-order valence-corrected chi connectivity index (χ2v) is 16.3. The van der Waals surface area contributed by atoms with Crippen molar-refractivity contribution in [2.75, 3.05) is 11.9 Å². The molecule has 302 valence electrons. The molecule has 2 fully saturated rings. The van der Waals surface area contributed by atoms with Gasteiger partial charge in [0.05, 0.1) is 0 Å². The molecule has 2 aromatic heterocycles. The van der Waals surface area contributed by atoms with Crippen molar-refractivity contribution in [2.45, 2.75) is 109 Å². The van der Waals surface area contributed by atoms with E-state index in [9.17, 15) is 19.2 Å². The summed E-state index contributed by atoms with van der Waals surface area (Å²) in [4.78, 5) is 57.3. The number of hydrogen-bond donors (Lipinski definition) is 6. The molecule has 2 saturated carbocycles. The third-order valence-electron chi connectivity index (χ3n) is 10.7. The number of H-pyrrole nitrogens is 1. The average Bonchev–Trinajstić information content (AvgIpc) is 3.73. The minimum absolute atomic E-state index is 0.112. The molecule has 15 heteroatoms. The number of nitrogens with two attached hydrogens (primary N) is 1. The van der Waals surface area contributed by atoms with Crippen molar-refractivity contribution in [3.63, 3.8) is 0 Å². The highest BCUT2D eigenvalue weighted by Crippen LogP contribution is 2.29. The Morgan fingerprint density at radius 2 is 1.56 bits per heavy atom. The summed E-state index contributed by atoms with van der Waals surface area (Å²) in [6.45, 7) is 7.84. The van der Waals surface area contributed by atoms with Gasteiger partial charge in [0, 0.05) is 53.5 Å². The first-order chi connectivity index (χ1) is 27.3. The summed E-state index contributed by atoms with van der Waals surface area (Å²) in [5.41, 5.74) is 10.5. The largest absolute Gasteiger partial charge is 0.444 e. The quantitative estimate of drug-likeness (QED) is 0.110. The molecule has 2 aromatic carbocycles. The number of tetrazole rings is 1. The molecule has 0 aliphatic heterocycles. The lowest BCUT2D eigenvalue weighted by Gasteiger charge is -2.29. The molecule has 0 unspecified atom stereocenters. The molecule has 4 amide bonds. The molecule has 2 aliphatic carbocycles. The molecule has 0 radical (unpaired) electrons. The highest BCUT2D eigenvalue weighted by molar-refractivity contribution is 5.98. The Balaban J connectivity index is 1.10. The molecule has 15 nitrogen and oxygen atoms in total. The molecular weight excluding hydrogens is 725 g/mol. The first-order valence-electron chi connectivity index (χ1n) is 19.8. The average molecular weight is 779 g/mol. The molecular formula is C42H54N10O5. The van der Waals surface area contributed by atoms with E-state index in [2.05, 4.69) is 46.9 Å². The van der Waals surface area contributed by atoms with Crippen LogP contribution >= 0.6 is 0 Å². The zero-order valence-electron chi connectivity index (χ0n) is 33.1. The Labute approximate surface area is 333 Å². The van der Waals surface area contributed by atoms with Crippen molar-refractivity contribution < 1.29 is 23.9 Å². The number of amides is 4. The van der Waals surface area contributed by atoms with Crippen LogP contribution in [0.4, 0.5) is 10.5 Å². The van der Waals surface area contributed by atoms with Gasteiger partial charge in [-0.05, 0) is 132 Å². The molecule has 6 rings (SSSR count). The van der Waals surface area contributed by atoms with Crippen LogP contribution in [-0.4, -0.2) is 79.7 Å². The van der Waals surface area contributed by atoms with Gasteiger partial charge in [-0.15, -0.1) is 10.2 Å². The summed E-state index contributed by atoms with van der Waals surface area (Å²) < 4.78 is 5.36. The van der Waals surface area contributed by atoms with Crippen LogP contribution in [0.15, 0.2) is 60.7 Å². The van der Waals surface area contributed by atoms with Gasteiger partial charge in [0.25, 0.3) is 5.91 Å². The monoisotopic (exact) mass is 778 g/mol. The highest BCUT2D eigenvalue weighted by Gasteiger charge is 2.30. The van der Waals surface area contributed by atoms with Gasteiger partial charge in [-0.3, -0.25) is 14.4 Å². The van der Waals surface area contributed by atoms with Crippen molar-refractivity contribution >= 4 is 29.5 Å². The second-order valence-electron chi connectivity index (χ2n) is 16.3. The van der Waals surface area contributed by atoms with E-state index in [4.69, 9.17) is 10.5 Å². The smallest absolute Gasteiger partial charge is 0.407 e. The Morgan fingerprint density at radius 3 is 2.19 bits per heavy atom. The maximum atomic E-state index is 13.8. The number of pyridine rings is 1. The Hall–Kier alpha value is -5.70. The van der Waals surface area contributed by atoms with E-state index in [1.807, 2.05) is 58.0 Å². The first kappa shape index (κ1) is 40.9. The summed E-state index contributed by atoms with van der Waals surface area (Å²) in [5.74, 6) is -0.280. The van der Waals surface area contributed by atoms with Crippen LogP contribution in [0, 0.1) is 18.8 Å². The number of nitrogens with zero attached hydrogens (tertiary/aromatic N) is 4. The fraction of sp³-hybridized carbons (Fsp3) is 0.476. The standard InChI is InChI=1S/C42H54N10O5/c1-25-34(21-22-35(45-25)39(54)46-33-19-15-31(43)16-20-33)28-9-5-26(6-10-28)23-36(40(55)47-32-17-13-29(14-18-32)37-49-51-52-50-37)48-38(53)30-11-7-27(8-12-30)24-44-41(56)57-42(2,3)4/h5-6,9-10,13-14,17-18,21-22,27,30-31,33,36H,7-8,11-12,15-16,19-20,23-24,43H2,1-4H3,(H,44,56)(H,46,54)(H,47,55)(H,48,53)(H,49,50,51,52)/t27?,30?,31-,33-,36-/m0/s1. The molecule has 7 N–H and O–H groups in total. The van der Waals surface area contributed by atoms with E-state index in [-0.39, 0.29) is 48.1 Å². The molecule has 4 aromatic rings. The number of ether oxygens (including phenoxy) is 1. The lowest BCUT2D eigenvalue weighted by atomic mass is 9.81. The van der Waals surface area contributed by atoms with Crippen LogP contribution in [-0.2, 0) is 20.7 Å². The van der Waals surface area contributed by atoms with Crippen molar-refractivity contribution in [2.24, 2.45) is 17.6 Å². The SMILES string of the molecule is Cc1nc(C(=O)N[C@H]2CC[C@H](N)CC2)ccc1-c1ccc(C[C@H](NC(=O)C2CCC(CNC(=O)OC(C)(C)C)CC2)C(=O)Nc2ccc(-c3nn[nH]n3)cc2)cc1. The number of aromatic amines is 1. The number of anilines is 1. The zero-order valence-corrected chi connectivity index (χ0v) is 33.1. The highest BCUT2D eigenvalue weighted by atomic mass is 16.6. The number of aryl methyl sites for hydroxylation is 1. The summed E-state index contributed by atoms with van der Waals surface area (Å²) in [6, 6.07) is 18.0. The van der Waals surface area contributed by atoms with Gasteiger partial charge in [-0.1, -0.05) is 30.3 Å². The van der Waals surface area contributed by atoms with Crippen LogP contribution in [0.3, 0.4) is 0 Å². The first-order valence-corrected chi connectivity index (χ1v) is 19.8. The Kier molecular flexibility index (Phi) is 13.3. The molecule has 0 saturated heterocycles. The third kappa shape index (κ3) is 11.7. The van der Waals surface area contributed by atoms with Gasteiger partial charge in [-0.2, -0.15) is 5.21 Å². The lowest BCUT2D eigenvalue weighted by molar-refractivity contribution is -0.130. The normalized spacial score (nSPS) is 20.2. The van der Waals surface area contributed by atoms with Crippen LogP contribution in [0.25, 0.3) is 22.5 Å². The number of alkyl carbamates (subject to hydrolysis) is 1. The van der Waals surface area contributed by atoms with Gasteiger partial charge < -0.3 is 31.7 Å². The topological polar surface area (TPSA) is 219 Å². The van der Waals surface area contributed by atoms with Crippen LogP contribution in [0.1, 0.15) is 93.9 Å². The molecule has 2 heterocycles. The molecule has 0 spiro atoms. The zero-order chi connectivity index (χ0) is 40.5. The minimum Gasteiger partial charge on any atom is -0.444 e. The van der Waals surface area contributed by atoms with Crippen molar-refractivity contribution in [3.05, 3.63) is 77.6 Å². The van der Waals surface area contributed by atoms with E-state index in [1.165, 1.54) is 0 Å². The molecule has 57 heavy (non-hydrogen) atoms. The Morgan fingerprint density at radius 1 is 0.877 bits per heavy atom. The third-order valence-corrected chi connectivity index (χ3v) is 10.7. The number of carbonyl (C=O) groups excluding carboxylic acids is 4. The van der Waals surface area contributed by atoms with E-state index in [0.29, 0.717) is 36.6 Å². The van der Waals surface area contributed by atoms with Crippen molar-refractivity contribution in [3.8, 4) is 22.5 Å². The van der Waals surface area contributed by atoms with Gasteiger partial charge in [-0.25, -0.2) is 9.78 Å². The predicted octanol–water partition coefficient (Wildman–Crippen LogP) is 5.23. The maximum absolute atomic E-state index is 13.8. The number of aromatic nitrogens is 5. The van der Waals surface area contributed by atoms with Crippen LogP contribution < -0.4 is 27.0 Å². The predicted molar refractivity (Wildman–Crippen MR) is 216 cm³/mol. The van der Waals surface area contributed by atoms with Crippen molar-refractivity contribution in [1.82, 2.24) is 41.6 Å². The van der Waals surface area contributed by atoms with Crippen LogP contribution in [0.2, 0.25) is 0 Å². The number of hydrogen-bond acceptors (Lipinski definition) is 10. The van der Waals surface area contributed by atoms with Gasteiger partial charge >= 0.3 is 6.09 Å². The minimum atomic E-state index is -0.854. The number of carbonyl (C=O) groups is 4. The second kappa shape index (κ2) is 18.5. The van der Waals surface area contributed by atoms with Gasteiger partial charge in [0.2, 0.25) is 17.6 Å². The summed E-state index contributed by atoms with van der Waals surface area (Å²) in [5, 5.41) is 26.0. The Bertz CT molecular complexity index is 1980. The number of nitrogens with one attached hydrogen (secondary N) is 5. The van der Waals surface area contributed by atoms with E-state index >= 15 is 0 Å². The fourth-order valence-corrected chi connectivity index (χ4v) is 7.46. The number of benzene rings is 2. The number of rotatable bonds is 12. The molecule has 0 bridgehead atoms. The fourth-order valence-electron chi connectivity index (χ4n) is 7.46. The molecule has 1 atom stereocenters. The molecule has 2 aliphatic rings. The summed E-state index contributed by atoms with van der Waals surface area (Å²) in [6.07, 6.45) is 6.21. The summed E-state index contributed by atoms with van der Waals surface area (Å²) >= 11 is 0. The van der Waals surface area contributed by atoms with E-state index in [1.54, 1.807) is 30.3 Å². The lowest BCUT2D eigenvalue weighted by Crippen LogP contribution is -2.48. The van der Waals surface area contributed by atoms with E-state index < -0.39 is 17.7 Å². The van der Waals surface area contributed by atoms with Crippen molar-refractivity contribution in [1.29, 1.82) is 0 Å².